The molecule has 7 heteroatoms. The zero-order valence-corrected chi connectivity index (χ0v) is 20.0. The van der Waals surface area contributed by atoms with E-state index in [9.17, 15) is 0 Å². The second-order valence-electron chi connectivity index (χ2n) is 9.48. The Hall–Kier alpha value is -3.74. The van der Waals surface area contributed by atoms with E-state index in [0.29, 0.717) is 5.82 Å². The van der Waals surface area contributed by atoms with Crippen molar-refractivity contribution in [2.45, 2.75) is 47.0 Å². The molecule has 0 amide bonds. The van der Waals surface area contributed by atoms with Gasteiger partial charge >= 0.3 is 0 Å². The third-order valence-electron chi connectivity index (χ3n) is 6.06. The number of aromatic amines is 1. The molecule has 0 saturated carbocycles. The molecule has 0 spiro atoms. The van der Waals surface area contributed by atoms with Gasteiger partial charge in [-0.3, -0.25) is 4.98 Å². The van der Waals surface area contributed by atoms with Gasteiger partial charge in [-0.25, -0.2) is 9.97 Å². The van der Waals surface area contributed by atoms with Crippen LogP contribution in [0.5, 0.6) is 5.75 Å². The lowest BCUT2D eigenvalue weighted by Crippen LogP contribution is -2.11. The highest BCUT2D eigenvalue weighted by molar-refractivity contribution is 6.13. The first-order chi connectivity index (χ1) is 15.7. The first kappa shape index (κ1) is 21.1. The van der Waals surface area contributed by atoms with Crippen LogP contribution in [0.4, 0.5) is 0 Å². The molecule has 0 bridgehead atoms. The van der Waals surface area contributed by atoms with Crippen molar-refractivity contribution < 1.29 is 9.26 Å². The fourth-order valence-electron chi connectivity index (χ4n) is 4.36. The summed E-state index contributed by atoms with van der Waals surface area (Å²) in [6.07, 6.45) is 3.79. The molecule has 7 nitrogen and oxygen atoms in total. The monoisotopic (exact) mass is 441 g/mol. The predicted octanol–water partition coefficient (Wildman–Crippen LogP) is 6.06. The average molecular weight is 442 g/mol. The van der Waals surface area contributed by atoms with E-state index in [1.807, 2.05) is 39.2 Å². The van der Waals surface area contributed by atoms with E-state index in [-0.39, 0.29) is 5.41 Å². The number of nitrogens with one attached hydrogen (secondary N) is 1. The number of hydrogen-bond donors (Lipinski definition) is 1. The maximum absolute atomic E-state index is 5.80. The molecule has 0 fully saturated rings. The molecule has 33 heavy (non-hydrogen) atoms. The zero-order valence-electron chi connectivity index (χ0n) is 20.0. The highest BCUT2D eigenvalue weighted by atomic mass is 16.5. The van der Waals surface area contributed by atoms with E-state index in [1.54, 1.807) is 7.11 Å². The molecular weight excluding hydrogens is 414 g/mol. The lowest BCUT2D eigenvalue weighted by atomic mass is 9.87. The third kappa shape index (κ3) is 3.44. The van der Waals surface area contributed by atoms with Crippen LogP contribution < -0.4 is 4.74 Å². The van der Waals surface area contributed by atoms with E-state index >= 15 is 0 Å². The van der Waals surface area contributed by atoms with Crippen molar-refractivity contribution in [3.05, 3.63) is 53.4 Å². The van der Waals surface area contributed by atoms with Crippen LogP contribution in [0.2, 0.25) is 0 Å². The van der Waals surface area contributed by atoms with Gasteiger partial charge in [-0.15, -0.1) is 0 Å². The Morgan fingerprint density at radius 2 is 1.79 bits per heavy atom. The third-order valence-corrected chi connectivity index (χ3v) is 6.06. The van der Waals surface area contributed by atoms with Gasteiger partial charge in [0.2, 0.25) is 0 Å². The summed E-state index contributed by atoms with van der Waals surface area (Å²) in [5.41, 5.74) is 7.38. The molecule has 0 aliphatic carbocycles. The number of aromatic nitrogens is 5. The summed E-state index contributed by atoms with van der Waals surface area (Å²) < 4.78 is 11.2. The molecule has 1 aromatic carbocycles. The van der Waals surface area contributed by atoms with Crippen LogP contribution in [0.3, 0.4) is 0 Å². The highest BCUT2D eigenvalue weighted by Gasteiger charge is 2.22. The van der Waals surface area contributed by atoms with Gasteiger partial charge in [-0.2, -0.15) is 0 Å². The quantitative estimate of drug-likeness (QED) is 0.366. The fourth-order valence-corrected chi connectivity index (χ4v) is 4.36. The first-order valence-corrected chi connectivity index (χ1v) is 10.9. The second-order valence-corrected chi connectivity index (χ2v) is 9.48. The Labute approximate surface area is 192 Å². The SMILES string of the molecule is COc1cc2c(cc1-c1c(C)noc1C)[nH]c1nc(C)nc(-c3cncc(C(C)(C)C)c3)c12. The summed E-state index contributed by atoms with van der Waals surface area (Å²) in [5, 5.41) is 6.06. The fraction of sp³-hybridized carbons (Fsp3) is 0.308. The molecule has 5 rings (SSSR count). The van der Waals surface area contributed by atoms with Crippen molar-refractivity contribution in [1.29, 1.82) is 0 Å². The minimum atomic E-state index is -0.0170. The zero-order chi connectivity index (χ0) is 23.5. The van der Waals surface area contributed by atoms with Gasteiger partial charge in [0.1, 0.15) is 23.0 Å². The number of benzene rings is 1. The molecule has 4 heterocycles. The smallest absolute Gasteiger partial charge is 0.142 e. The van der Waals surface area contributed by atoms with Gasteiger partial charge in [0.05, 0.1) is 29.4 Å². The lowest BCUT2D eigenvalue weighted by molar-refractivity contribution is 0.393. The second kappa shape index (κ2) is 7.40. The van der Waals surface area contributed by atoms with Gasteiger partial charge in [0.15, 0.2) is 0 Å². The summed E-state index contributed by atoms with van der Waals surface area (Å²) in [6.45, 7) is 12.3. The molecule has 0 atom stereocenters. The summed E-state index contributed by atoms with van der Waals surface area (Å²) in [4.78, 5) is 17.5. The van der Waals surface area contributed by atoms with Crippen LogP contribution in [-0.4, -0.2) is 32.2 Å². The number of ether oxygens (including phenoxy) is 1. The molecule has 5 aromatic rings. The Morgan fingerprint density at radius 1 is 1.00 bits per heavy atom. The minimum Gasteiger partial charge on any atom is -0.496 e. The van der Waals surface area contributed by atoms with E-state index in [2.05, 4.69) is 48.0 Å². The van der Waals surface area contributed by atoms with Crippen LogP contribution in [-0.2, 0) is 5.41 Å². The molecule has 0 aliphatic rings. The van der Waals surface area contributed by atoms with Crippen molar-refractivity contribution in [3.8, 4) is 28.1 Å². The minimum absolute atomic E-state index is 0.0170. The molecule has 0 aliphatic heterocycles. The maximum Gasteiger partial charge on any atom is 0.142 e. The van der Waals surface area contributed by atoms with Crippen LogP contribution in [0.1, 0.15) is 43.6 Å². The van der Waals surface area contributed by atoms with Crippen molar-refractivity contribution >= 4 is 21.9 Å². The van der Waals surface area contributed by atoms with Crippen LogP contribution in [0.15, 0.2) is 35.1 Å². The van der Waals surface area contributed by atoms with Crippen molar-refractivity contribution in [3.63, 3.8) is 0 Å². The largest absolute Gasteiger partial charge is 0.496 e. The standard InChI is InChI=1S/C26H27N5O2/c1-13-22(14(2)33-31-13)19-9-20-18(10-21(19)32-7)23-24(28-15(3)29-25(23)30-20)16-8-17(12-27-11-16)26(4,5)6/h8-12H,1-7H3,(H,28,29,30). The number of fused-ring (bicyclic) bond motifs is 3. The molecule has 0 radical (unpaired) electrons. The molecule has 0 saturated heterocycles. The number of aryl methyl sites for hydroxylation is 3. The summed E-state index contributed by atoms with van der Waals surface area (Å²) in [5.74, 6) is 2.19. The number of pyridine rings is 1. The Kier molecular flexibility index (Phi) is 4.74. The molecular formula is C26H27N5O2. The topological polar surface area (TPSA) is 89.7 Å². The van der Waals surface area contributed by atoms with E-state index in [0.717, 1.165) is 67.1 Å². The Balaban J connectivity index is 1.82. The van der Waals surface area contributed by atoms with Gasteiger partial charge in [-0.05, 0) is 49.9 Å². The average Bonchev–Trinajstić information content (AvgIpc) is 3.29. The van der Waals surface area contributed by atoms with Gasteiger partial charge in [-0.1, -0.05) is 25.9 Å². The Morgan fingerprint density at radius 3 is 2.45 bits per heavy atom. The number of hydrogen-bond acceptors (Lipinski definition) is 6. The molecule has 0 unspecified atom stereocenters. The van der Waals surface area contributed by atoms with Gasteiger partial charge in [0, 0.05) is 34.4 Å². The maximum atomic E-state index is 5.80. The van der Waals surface area contributed by atoms with Gasteiger partial charge in [0.25, 0.3) is 0 Å². The van der Waals surface area contributed by atoms with Crippen molar-refractivity contribution in [2.24, 2.45) is 0 Å². The number of rotatable bonds is 3. The Bertz CT molecular complexity index is 1500. The van der Waals surface area contributed by atoms with Crippen molar-refractivity contribution in [2.75, 3.05) is 7.11 Å². The first-order valence-electron chi connectivity index (χ1n) is 10.9. The van der Waals surface area contributed by atoms with Crippen LogP contribution in [0.25, 0.3) is 44.3 Å². The molecule has 4 aromatic heterocycles. The van der Waals surface area contributed by atoms with Gasteiger partial charge < -0.3 is 14.2 Å². The van der Waals surface area contributed by atoms with E-state index < -0.39 is 0 Å². The van der Waals surface area contributed by atoms with Crippen molar-refractivity contribution in [1.82, 2.24) is 25.1 Å². The molecule has 1 N–H and O–H groups in total. The summed E-state index contributed by atoms with van der Waals surface area (Å²) in [6, 6.07) is 6.28. The number of nitrogens with zero attached hydrogens (tertiary/aromatic N) is 4. The number of methoxy groups -OCH3 is 1. The number of H-pyrrole nitrogens is 1. The van der Waals surface area contributed by atoms with E-state index in [4.69, 9.17) is 19.2 Å². The summed E-state index contributed by atoms with van der Waals surface area (Å²) >= 11 is 0. The predicted molar refractivity (Wildman–Crippen MR) is 130 cm³/mol. The highest BCUT2D eigenvalue weighted by Crippen LogP contribution is 2.41. The van der Waals surface area contributed by atoms with Crippen LogP contribution in [0, 0.1) is 20.8 Å². The van der Waals surface area contributed by atoms with Crippen LogP contribution >= 0.6 is 0 Å². The lowest BCUT2D eigenvalue weighted by Gasteiger charge is -2.19. The summed E-state index contributed by atoms with van der Waals surface area (Å²) in [7, 11) is 1.68. The molecule has 168 valence electrons. The van der Waals surface area contributed by atoms with E-state index in [1.165, 1.54) is 0 Å². The normalized spacial score (nSPS) is 12.1.